The molecule has 0 amide bonds. The molecule has 1 heterocycles. The maximum absolute atomic E-state index is 5.61. The molecule has 0 radical (unpaired) electrons. The highest BCUT2D eigenvalue weighted by Crippen LogP contribution is 2.35. The van der Waals surface area contributed by atoms with E-state index in [2.05, 4.69) is 13.8 Å². The Morgan fingerprint density at radius 2 is 2.07 bits per heavy atom. The van der Waals surface area contributed by atoms with Crippen LogP contribution in [0.3, 0.4) is 0 Å². The van der Waals surface area contributed by atoms with E-state index < -0.39 is 0 Å². The van der Waals surface area contributed by atoms with E-state index in [-0.39, 0.29) is 0 Å². The fourth-order valence-corrected chi connectivity index (χ4v) is 1.38. The zero-order valence-corrected chi connectivity index (χ0v) is 9.16. The van der Waals surface area contributed by atoms with Crippen molar-refractivity contribution in [1.82, 2.24) is 0 Å². The molecule has 3 heteroatoms. The lowest BCUT2D eigenvalue weighted by Crippen LogP contribution is -2.01. The minimum atomic E-state index is 0.310. The van der Waals surface area contributed by atoms with E-state index in [1.54, 1.807) is 0 Å². The summed E-state index contributed by atoms with van der Waals surface area (Å²) in [7, 11) is 0. The van der Waals surface area contributed by atoms with Gasteiger partial charge in [-0.05, 0) is 24.5 Å². The maximum Gasteiger partial charge on any atom is 0.231 e. The van der Waals surface area contributed by atoms with Gasteiger partial charge in [-0.25, -0.2) is 0 Å². The van der Waals surface area contributed by atoms with E-state index in [9.17, 15) is 0 Å². The summed E-state index contributed by atoms with van der Waals surface area (Å²) in [5.74, 6) is 3.09. The van der Waals surface area contributed by atoms with Crippen LogP contribution >= 0.6 is 0 Å². The van der Waals surface area contributed by atoms with Crippen LogP contribution in [0.15, 0.2) is 18.2 Å². The molecule has 0 fully saturated rings. The summed E-state index contributed by atoms with van der Waals surface area (Å²) < 4.78 is 16.1. The molecule has 0 aliphatic carbocycles. The van der Waals surface area contributed by atoms with Gasteiger partial charge in [0, 0.05) is 6.07 Å². The van der Waals surface area contributed by atoms with Gasteiger partial charge in [0.2, 0.25) is 6.79 Å². The van der Waals surface area contributed by atoms with Gasteiger partial charge in [0.25, 0.3) is 0 Å². The summed E-state index contributed by atoms with van der Waals surface area (Å²) >= 11 is 0. The molecule has 15 heavy (non-hydrogen) atoms. The van der Waals surface area contributed by atoms with Crippen LogP contribution < -0.4 is 14.2 Å². The van der Waals surface area contributed by atoms with Crippen LogP contribution in [0.2, 0.25) is 0 Å². The van der Waals surface area contributed by atoms with Crippen molar-refractivity contribution in [2.75, 3.05) is 13.4 Å². The monoisotopic (exact) mass is 208 g/mol. The van der Waals surface area contributed by atoms with Gasteiger partial charge in [0.15, 0.2) is 11.5 Å². The second kappa shape index (κ2) is 4.43. The molecule has 0 spiro atoms. The van der Waals surface area contributed by atoms with Crippen LogP contribution in [0, 0.1) is 5.92 Å². The van der Waals surface area contributed by atoms with E-state index in [4.69, 9.17) is 14.2 Å². The average molecular weight is 208 g/mol. The number of benzene rings is 1. The Labute approximate surface area is 90.0 Å². The third-order valence-corrected chi connectivity index (χ3v) is 2.31. The minimum Gasteiger partial charge on any atom is -0.493 e. The first-order valence-corrected chi connectivity index (χ1v) is 5.28. The lowest BCUT2D eigenvalue weighted by atomic mass is 10.1. The summed E-state index contributed by atoms with van der Waals surface area (Å²) in [6.45, 7) is 5.42. The van der Waals surface area contributed by atoms with Crippen LogP contribution in [0.4, 0.5) is 0 Å². The van der Waals surface area contributed by atoms with Crippen LogP contribution in [0.1, 0.15) is 20.3 Å². The van der Waals surface area contributed by atoms with E-state index in [1.165, 1.54) is 0 Å². The molecule has 0 saturated heterocycles. The van der Waals surface area contributed by atoms with Crippen LogP contribution in [0.5, 0.6) is 17.2 Å². The standard InChI is InChI=1S/C12H16O3/c1-9(2)5-6-13-10-3-4-11-12(7-10)15-8-14-11/h3-4,7,9H,5-6,8H2,1-2H3. The smallest absolute Gasteiger partial charge is 0.231 e. The molecule has 1 aliphatic heterocycles. The van der Waals surface area contributed by atoms with Crippen molar-refractivity contribution in [3.63, 3.8) is 0 Å². The average Bonchev–Trinajstić information content (AvgIpc) is 2.64. The normalized spacial score (nSPS) is 13.3. The number of hydrogen-bond donors (Lipinski definition) is 0. The van der Waals surface area contributed by atoms with Gasteiger partial charge < -0.3 is 14.2 Å². The fourth-order valence-electron chi connectivity index (χ4n) is 1.38. The predicted octanol–water partition coefficient (Wildman–Crippen LogP) is 2.84. The molecule has 0 unspecified atom stereocenters. The number of hydrogen-bond acceptors (Lipinski definition) is 3. The third-order valence-electron chi connectivity index (χ3n) is 2.31. The number of rotatable bonds is 4. The van der Waals surface area contributed by atoms with Crippen molar-refractivity contribution >= 4 is 0 Å². The summed E-state index contributed by atoms with van der Waals surface area (Å²) in [5, 5.41) is 0. The van der Waals surface area contributed by atoms with E-state index in [0.717, 1.165) is 30.3 Å². The molecule has 0 bridgehead atoms. The zero-order chi connectivity index (χ0) is 10.7. The molecule has 0 aromatic heterocycles. The predicted molar refractivity (Wildman–Crippen MR) is 57.5 cm³/mol. The van der Waals surface area contributed by atoms with Gasteiger partial charge in [-0.15, -0.1) is 0 Å². The molecule has 0 saturated carbocycles. The van der Waals surface area contributed by atoms with Crippen LogP contribution in [-0.2, 0) is 0 Å². The summed E-state index contributed by atoms with van der Waals surface area (Å²) in [6, 6.07) is 5.67. The van der Waals surface area contributed by atoms with Crippen molar-refractivity contribution in [2.45, 2.75) is 20.3 Å². The minimum absolute atomic E-state index is 0.310. The van der Waals surface area contributed by atoms with Crippen LogP contribution in [0.25, 0.3) is 0 Å². The van der Waals surface area contributed by atoms with Gasteiger partial charge >= 0.3 is 0 Å². The molecule has 82 valence electrons. The molecule has 1 aliphatic rings. The molecule has 1 aromatic rings. The van der Waals surface area contributed by atoms with Crippen molar-refractivity contribution < 1.29 is 14.2 Å². The topological polar surface area (TPSA) is 27.7 Å². The van der Waals surface area contributed by atoms with Gasteiger partial charge in [-0.1, -0.05) is 13.8 Å². The summed E-state index contributed by atoms with van der Waals surface area (Å²) in [6.07, 6.45) is 1.06. The Kier molecular flexibility index (Phi) is 2.99. The van der Waals surface area contributed by atoms with Gasteiger partial charge in [0.05, 0.1) is 6.61 Å². The molecular weight excluding hydrogens is 192 g/mol. The number of ether oxygens (including phenoxy) is 3. The quantitative estimate of drug-likeness (QED) is 0.761. The highest BCUT2D eigenvalue weighted by atomic mass is 16.7. The van der Waals surface area contributed by atoms with Crippen molar-refractivity contribution in [1.29, 1.82) is 0 Å². The lowest BCUT2D eigenvalue weighted by Gasteiger charge is -2.08. The van der Waals surface area contributed by atoms with Crippen molar-refractivity contribution in [3.05, 3.63) is 18.2 Å². The molecule has 2 rings (SSSR count). The Morgan fingerprint density at radius 1 is 1.27 bits per heavy atom. The first-order valence-electron chi connectivity index (χ1n) is 5.28. The highest BCUT2D eigenvalue weighted by Gasteiger charge is 2.13. The highest BCUT2D eigenvalue weighted by molar-refractivity contribution is 5.46. The SMILES string of the molecule is CC(C)CCOc1ccc2c(c1)OCO2. The zero-order valence-electron chi connectivity index (χ0n) is 9.16. The van der Waals surface area contributed by atoms with Gasteiger partial charge in [-0.3, -0.25) is 0 Å². The Morgan fingerprint density at radius 3 is 2.87 bits per heavy atom. The number of fused-ring (bicyclic) bond motifs is 1. The molecule has 1 aromatic carbocycles. The van der Waals surface area contributed by atoms with Crippen molar-refractivity contribution in [2.24, 2.45) is 5.92 Å². The largest absolute Gasteiger partial charge is 0.493 e. The fraction of sp³-hybridized carbons (Fsp3) is 0.500. The summed E-state index contributed by atoms with van der Waals surface area (Å²) in [5.41, 5.74) is 0. The van der Waals surface area contributed by atoms with Crippen LogP contribution in [-0.4, -0.2) is 13.4 Å². The Bertz CT molecular complexity index is 334. The third kappa shape index (κ3) is 2.55. The summed E-state index contributed by atoms with van der Waals surface area (Å²) in [4.78, 5) is 0. The van der Waals surface area contributed by atoms with E-state index >= 15 is 0 Å². The van der Waals surface area contributed by atoms with Gasteiger partial charge in [-0.2, -0.15) is 0 Å². The lowest BCUT2D eigenvalue weighted by molar-refractivity contribution is 0.173. The molecule has 0 atom stereocenters. The first-order chi connectivity index (χ1) is 7.25. The molecule has 3 nitrogen and oxygen atoms in total. The van der Waals surface area contributed by atoms with Crippen molar-refractivity contribution in [3.8, 4) is 17.2 Å². The van der Waals surface area contributed by atoms with E-state index in [0.29, 0.717) is 12.7 Å². The Hall–Kier alpha value is -1.38. The maximum atomic E-state index is 5.61. The second-order valence-corrected chi connectivity index (χ2v) is 4.05. The molecule has 0 N–H and O–H groups in total. The Balaban J connectivity index is 1.92. The molecular formula is C12H16O3. The first kappa shape index (κ1) is 10.1. The van der Waals surface area contributed by atoms with E-state index in [1.807, 2.05) is 18.2 Å². The van der Waals surface area contributed by atoms with Gasteiger partial charge in [0.1, 0.15) is 5.75 Å². The second-order valence-electron chi connectivity index (χ2n) is 4.05.